The van der Waals surface area contributed by atoms with Crippen molar-refractivity contribution in [2.75, 3.05) is 0 Å². The summed E-state index contributed by atoms with van der Waals surface area (Å²) >= 11 is 5.36. The maximum Gasteiger partial charge on any atom is 0.114 e. The zero-order valence-electron chi connectivity index (χ0n) is 10.6. The molecule has 0 radical (unpaired) electrons. The number of para-hydroxylation sites is 1. The molecule has 0 saturated heterocycles. The van der Waals surface area contributed by atoms with E-state index < -0.39 is 0 Å². The van der Waals surface area contributed by atoms with E-state index in [1.165, 1.54) is 15.6 Å². The summed E-state index contributed by atoms with van der Waals surface area (Å²) in [7, 11) is 0. The highest BCUT2D eigenvalue weighted by atomic mass is 79.9. The molecule has 0 aliphatic heterocycles. The molecule has 0 spiro atoms. The van der Waals surface area contributed by atoms with Crippen molar-refractivity contribution in [3.05, 3.63) is 64.2 Å². The van der Waals surface area contributed by atoms with E-state index in [0.29, 0.717) is 0 Å². The lowest BCUT2D eigenvalue weighted by atomic mass is 10.2. The van der Waals surface area contributed by atoms with Crippen LogP contribution in [0, 0.1) is 0 Å². The number of aromatic nitrogens is 2. The monoisotopic (exact) mass is 342 g/mol. The van der Waals surface area contributed by atoms with Gasteiger partial charge < -0.3 is 4.57 Å². The van der Waals surface area contributed by atoms with Crippen LogP contribution < -0.4 is 0 Å². The Morgan fingerprint density at radius 2 is 1.95 bits per heavy atom. The third-order valence-electron chi connectivity index (χ3n) is 3.40. The summed E-state index contributed by atoms with van der Waals surface area (Å²) < 4.78 is 4.64. The average Bonchev–Trinajstić information content (AvgIpc) is 3.04. The van der Waals surface area contributed by atoms with Gasteiger partial charge in [0.25, 0.3) is 0 Å². The Kier molecular flexibility index (Phi) is 2.86. The normalized spacial score (nSPS) is 11.4. The third-order valence-corrected chi connectivity index (χ3v) is 5.12. The van der Waals surface area contributed by atoms with Gasteiger partial charge in [0, 0.05) is 21.6 Å². The summed E-state index contributed by atoms with van der Waals surface area (Å²) in [6.45, 7) is 0.819. The predicted molar refractivity (Wildman–Crippen MR) is 88.4 cm³/mol. The molecule has 4 rings (SSSR count). The molecule has 0 aliphatic carbocycles. The van der Waals surface area contributed by atoms with E-state index in [9.17, 15) is 0 Å². The quantitative estimate of drug-likeness (QED) is 0.497. The second kappa shape index (κ2) is 4.72. The summed E-state index contributed by atoms with van der Waals surface area (Å²) in [4.78, 5) is 4.70. The van der Waals surface area contributed by atoms with E-state index >= 15 is 0 Å². The number of thiazole rings is 1. The third kappa shape index (κ3) is 1.96. The standard InChI is InChI=1S/C16H11BrN2S/c17-12-4-3-6-14-11(12)8-9-19(14)10-16-18-13-5-1-2-7-15(13)20-16/h1-9H,10H2. The van der Waals surface area contributed by atoms with Crippen molar-refractivity contribution in [1.29, 1.82) is 0 Å². The lowest BCUT2D eigenvalue weighted by Crippen LogP contribution is -1.96. The molecule has 0 unspecified atom stereocenters. The Morgan fingerprint density at radius 3 is 2.85 bits per heavy atom. The first-order valence-electron chi connectivity index (χ1n) is 6.39. The van der Waals surface area contributed by atoms with E-state index in [-0.39, 0.29) is 0 Å². The molecule has 20 heavy (non-hydrogen) atoms. The first kappa shape index (κ1) is 12.1. The van der Waals surface area contributed by atoms with Crippen LogP contribution in [0.5, 0.6) is 0 Å². The first-order chi connectivity index (χ1) is 9.81. The number of nitrogens with zero attached hydrogens (tertiary/aromatic N) is 2. The van der Waals surface area contributed by atoms with Gasteiger partial charge in [0.05, 0.1) is 16.8 Å². The average molecular weight is 343 g/mol. The van der Waals surface area contributed by atoms with Crippen LogP contribution >= 0.6 is 27.3 Å². The number of hydrogen-bond acceptors (Lipinski definition) is 2. The summed E-state index contributed by atoms with van der Waals surface area (Å²) in [5.41, 5.74) is 2.32. The molecule has 0 amide bonds. The van der Waals surface area contributed by atoms with Crippen LogP contribution in [0.1, 0.15) is 5.01 Å². The minimum Gasteiger partial charge on any atom is -0.341 e. The lowest BCUT2D eigenvalue weighted by molar-refractivity contribution is 0.831. The van der Waals surface area contributed by atoms with Gasteiger partial charge in [0.15, 0.2) is 0 Å². The lowest BCUT2D eigenvalue weighted by Gasteiger charge is -2.02. The van der Waals surface area contributed by atoms with E-state index in [4.69, 9.17) is 4.98 Å². The topological polar surface area (TPSA) is 17.8 Å². The Bertz CT molecular complexity index is 874. The van der Waals surface area contributed by atoms with Gasteiger partial charge in [-0.1, -0.05) is 34.1 Å². The summed E-state index contributed by atoms with van der Waals surface area (Å²) in [6.07, 6.45) is 2.13. The second-order valence-electron chi connectivity index (χ2n) is 4.69. The summed E-state index contributed by atoms with van der Waals surface area (Å²) in [5.74, 6) is 0. The number of halogens is 1. The molecule has 4 aromatic rings. The molecule has 2 heterocycles. The van der Waals surface area contributed by atoms with E-state index in [1.54, 1.807) is 11.3 Å². The number of benzene rings is 2. The Hall–Kier alpha value is -1.65. The zero-order valence-corrected chi connectivity index (χ0v) is 13.0. The van der Waals surface area contributed by atoms with E-state index in [0.717, 1.165) is 21.5 Å². The van der Waals surface area contributed by atoms with Gasteiger partial charge in [0.2, 0.25) is 0 Å². The number of hydrogen-bond donors (Lipinski definition) is 0. The van der Waals surface area contributed by atoms with Gasteiger partial charge in [0.1, 0.15) is 5.01 Å². The number of fused-ring (bicyclic) bond motifs is 2. The molecular weight excluding hydrogens is 332 g/mol. The van der Waals surface area contributed by atoms with Crippen molar-refractivity contribution in [2.24, 2.45) is 0 Å². The molecule has 2 aromatic carbocycles. The van der Waals surface area contributed by atoms with Crippen LogP contribution in [0.2, 0.25) is 0 Å². The smallest absolute Gasteiger partial charge is 0.114 e. The molecule has 4 heteroatoms. The highest BCUT2D eigenvalue weighted by Crippen LogP contribution is 2.27. The minimum absolute atomic E-state index is 0.819. The molecular formula is C16H11BrN2S. The van der Waals surface area contributed by atoms with Gasteiger partial charge in [-0.2, -0.15) is 0 Å². The summed E-state index contributed by atoms with van der Waals surface area (Å²) in [6, 6.07) is 16.7. The van der Waals surface area contributed by atoms with Gasteiger partial charge >= 0.3 is 0 Å². The van der Waals surface area contributed by atoms with E-state index in [2.05, 4.69) is 69.2 Å². The molecule has 0 bridgehead atoms. The molecule has 98 valence electrons. The van der Waals surface area contributed by atoms with Gasteiger partial charge in [-0.25, -0.2) is 4.98 Å². The Labute approximate surface area is 128 Å². The molecule has 0 aliphatic rings. The summed E-state index contributed by atoms with van der Waals surface area (Å²) in [5, 5.41) is 2.39. The van der Waals surface area contributed by atoms with Crippen molar-refractivity contribution in [3.63, 3.8) is 0 Å². The molecule has 0 atom stereocenters. The minimum atomic E-state index is 0.819. The zero-order chi connectivity index (χ0) is 13.5. The van der Waals surface area contributed by atoms with Crippen LogP contribution in [0.3, 0.4) is 0 Å². The maximum atomic E-state index is 4.70. The largest absolute Gasteiger partial charge is 0.341 e. The Morgan fingerprint density at radius 1 is 1.05 bits per heavy atom. The van der Waals surface area contributed by atoms with Crippen LogP contribution in [-0.2, 0) is 6.54 Å². The molecule has 0 N–H and O–H groups in total. The number of rotatable bonds is 2. The first-order valence-corrected chi connectivity index (χ1v) is 8.00. The van der Waals surface area contributed by atoms with Crippen LogP contribution in [0.4, 0.5) is 0 Å². The van der Waals surface area contributed by atoms with Crippen molar-refractivity contribution in [1.82, 2.24) is 9.55 Å². The van der Waals surface area contributed by atoms with E-state index in [1.807, 2.05) is 6.07 Å². The molecule has 0 saturated carbocycles. The van der Waals surface area contributed by atoms with Crippen LogP contribution in [0.25, 0.3) is 21.1 Å². The molecule has 2 nitrogen and oxygen atoms in total. The van der Waals surface area contributed by atoms with Crippen molar-refractivity contribution in [3.8, 4) is 0 Å². The molecule has 2 aromatic heterocycles. The van der Waals surface area contributed by atoms with Crippen molar-refractivity contribution >= 4 is 48.4 Å². The maximum absolute atomic E-state index is 4.70. The van der Waals surface area contributed by atoms with Gasteiger partial charge in [-0.05, 0) is 30.3 Å². The fourth-order valence-corrected chi connectivity index (χ4v) is 3.91. The van der Waals surface area contributed by atoms with Crippen molar-refractivity contribution < 1.29 is 0 Å². The van der Waals surface area contributed by atoms with Crippen LogP contribution in [-0.4, -0.2) is 9.55 Å². The van der Waals surface area contributed by atoms with Gasteiger partial charge in [-0.15, -0.1) is 11.3 Å². The Balaban J connectivity index is 1.78. The fraction of sp³-hybridized carbons (Fsp3) is 0.0625. The van der Waals surface area contributed by atoms with Gasteiger partial charge in [-0.3, -0.25) is 0 Å². The van der Waals surface area contributed by atoms with Crippen LogP contribution in [0.15, 0.2) is 59.2 Å². The highest BCUT2D eigenvalue weighted by Gasteiger charge is 2.07. The molecule has 0 fully saturated rings. The second-order valence-corrected chi connectivity index (χ2v) is 6.66. The predicted octanol–water partition coefficient (Wildman–Crippen LogP) is 5.06. The fourth-order valence-electron chi connectivity index (χ4n) is 2.46. The highest BCUT2D eigenvalue weighted by molar-refractivity contribution is 9.10. The van der Waals surface area contributed by atoms with Crippen molar-refractivity contribution in [2.45, 2.75) is 6.54 Å². The SMILES string of the molecule is Brc1cccc2c1ccn2Cc1nc2ccccc2s1.